The van der Waals surface area contributed by atoms with Gasteiger partial charge in [-0.25, -0.2) is 0 Å². The van der Waals surface area contributed by atoms with Gasteiger partial charge in [0, 0.05) is 17.7 Å². The van der Waals surface area contributed by atoms with Crippen molar-refractivity contribution in [2.24, 2.45) is 0 Å². The lowest BCUT2D eigenvalue weighted by Gasteiger charge is -2.22. The first kappa shape index (κ1) is 14.3. The average molecular weight is 299 g/mol. The molecule has 1 aliphatic heterocycles. The number of rotatable bonds is 4. The van der Waals surface area contributed by atoms with Crippen LogP contribution in [-0.4, -0.2) is 28.5 Å². The zero-order valence-electron chi connectivity index (χ0n) is 12.5. The van der Waals surface area contributed by atoms with Crippen LogP contribution in [0.1, 0.15) is 40.9 Å². The predicted octanol–water partition coefficient (Wildman–Crippen LogP) is 2.43. The van der Waals surface area contributed by atoms with Crippen LogP contribution in [0.5, 0.6) is 5.75 Å². The molecule has 0 fully saturated rings. The van der Waals surface area contributed by atoms with E-state index in [0.717, 1.165) is 11.3 Å². The van der Waals surface area contributed by atoms with E-state index in [0.29, 0.717) is 23.7 Å². The lowest BCUT2D eigenvalue weighted by Crippen LogP contribution is -2.27. The van der Waals surface area contributed by atoms with E-state index in [1.807, 2.05) is 19.9 Å². The Morgan fingerprint density at radius 1 is 1.41 bits per heavy atom. The van der Waals surface area contributed by atoms with Crippen LogP contribution in [0.25, 0.3) is 0 Å². The van der Waals surface area contributed by atoms with Crippen LogP contribution in [0.3, 0.4) is 0 Å². The van der Waals surface area contributed by atoms with E-state index >= 15 is 0 Å². The fourth-order valence-electron chi connectivity index (χ4n) is 2.79. The third-order valence-electron chi connectivity index (χ3n) is 3.76. The van der Waals surface area contributed by atoms with Crippen LogP contribution in [0.2, 0.25) is 0 Å². The van der Waals surface area contributed by atoms with Gasteiger partial charge < -0.3 is 10.1 Å². The molecule has 0 spiro atoms. The Bertz CT molecular complexity index is 736. The number of para-hydroxylation sites is 1. The van der Waals surface area contributed by atoms with Crippen molar-refractivity contribution in [3.63, 3.8) is 0 Å². The Labute approximate surface area is 127 Å². The number of carbonyl (C=O) groups excluding carboxylic acids is 2. The van der Waals surface area contributed by atoms with Gasteiger partial charge in [0.15, 0.2) is 11.6 Å². The van der Waals surface area contributed by atoms with Crippen molar-refractivity contribution in [3.8, 4) is 5.75 Å². The number of hydrogen-bond donors (Lipinski definition) is 2. The van der Waals surface area contributed by atoms with E-state index in [2.05, 4.69) is 15.5 Å². The highest BCUT2D eigenvalue weighted by molar-refractivity contribution is 6.09. The smallest absolute Gasteiger partial charge is 0.226 e. The van der Waals surface area contributed by atoms with Crippen molar-refractivity contribution in [2.45, 2.75) is 26.2 Å². The summed E-state index contributed by atoms with van der Waals surface area (Å²) in [6, 6.07) is 7.11. The number of aromatic nitrogens is 2. The number of benzene rings is 1. The maximum Gasteiger partial charge on any atom is 0.226 e. The summed E-state index contributed by atoms with van der Waals surface area (Å²) in [7, 11) is 0. The first-order valence-corrected chi connectivity index (χ1v) is 7.22. The zero-order valence-corrected chi connectivity index (χ0v) is 12.5. The normalized spacial score (nSPS) is 16.8. The van der Waals surface area contributed by atoms with Gasteiger partial charge in [0.25, 0.3) is 0 Å². The van der Waals surface area contributed by atoms with Crippen molar-refractivity contribution < 1.29 is 14.3 Å². The number of Topliss-reactive ketones (excluding diaryl/α,β-unsaturated/α-hetero) is 1. The fourth-order valence-corrected chi connectivity index (χ4v) is 2.79. The summed E-state index contributed by atoms with van der Waals surface area (Å²) >= 11 is 0. The molecule has 0 radical (unpaired) electrons. The summed E-state index contributed by atoms with van der Waals surface area (Å²) in [6.07, 6.45) is 0.118. The van der Waals surface area contributed by atoms with Crippen molar-refractivity contribution in [1.29, 1.82) is 0 Å². The minimum Gasteiger partial charge on any atom is -0.493 e. The minimum atomic E-state index is -0.538. The Kier molecular flexibility index (Phi) is 3.66. The van der Waals surface area contributed by atoms with Crippen LogP contribution in [0.4, 0.5) is 5.82 Å². The molecule has 2 N–H and O–H groups in total. The van der Waals surface area contributed by atoms with Gasteiger partial charge in [-0.05, 0) is 26.0 Å². The van der Waals surface area contributed by atoms with Gasteiger partial charge in [0.05, 0.1) is 18.1 Å². The third kappa shape index (κ3) is 2.36. The lowest BCUT2D eigenvalue weighted by molar-refractivity contribution is -0.116. The SMILES string of the molecule is CCOc1ccccc1C(=O)C1CC(=O)Nc2n[nH]c(C)c21. The maximum absolute atomic E-state index is 13.0. The van der Waals surface area contributed by atoms with Crippen molar-refractivity contribution in [2.75, 3.05) is 11.9 Å². The van der Waals surface area contributed by atoms with Crippen LogP contribution >= 0.6 is 0 Å². The number of anilines is 1. The van der Waals surface area contributed by atoms with Crippen LogP contribution in [0.15, 0.2) is 24.3 Å². The molecule has 1 aromatic carbocycles. The van der Waals surface area contributed by atoms with E-state index in [1.165, 1.54) is 0 Å². The molecular weight excluding hydrogens is 282 g/mol. The van der Waals surface area contributed by atoms with Gasteiger partial charge in [0.1, 0.15) is 5.75 Å². The second-order valence-corrected chi connectivity index (χ2v) is 5.21. The minimum absolute atomic E-state index is 0.118. The third-order valence-corrected chi connectivity index (χ3v) is 3.76. The average Bonchev–Trinajstić information content (AvgIpc) is 2.88. The molecule has 1 amide bonds. The highest BCUT2D eigenvalue weighted by Crippen LogP contribution is 2.36. The Morgan fingerprint density at radius 2 is 2.18 bits per heavy atom. The largest absolute Gasteiger partial charge is 0.493 e. The number of fused-ring (bicyclic) bond motifs is 1. The molecule has 2 aromatic rings. The number of ketones is 1. The number of carbonyl (C=O) groups is 2. The maximum atomic E-state index is 13.0. The van der Waals surface area contributed by atoms with Crippen LogP contribution in [-0.2, 0) is 4.79 Å². The number of aryl methyl sites for hydroxylation is 1. The second kappa shape index (κ2) is 5.63. The van der Waals surface area contributed by atoms with Crippen molar-refractivity contribution >= 4 is 17.5 Å². The molecule has 114 valence electrons. The topological polar surface area (TPSA) is 84.1 Å². The summed E-state index contributed by atoms with van der Waals surface area (Å²) in [5.74, 6) is 0.129. The first-order valence-electron chi connectivity index (χ1n) is 7.22. The summed E-state index contributed by atoms with van der Waals surface area (Å²) < 4.78 is 5.53. The number of nitrogens with zero attached hydrogens (tertiary/aromatic N) is 1. The van der Waals surface area contributed by atoms with Crippen LogP contribution in [0, 0.1) is 6.92 Å². The molecule has 3 rings (SSSR count). The second-order valence-electron chi connectivity index (χ2n) is 5.21. The number of nitrogens with one attached hydrogen (secondary N) is 2. The quantitative estimate of drug-likeness (QED) is 0.849. The first-order chi connectivity index (χ1) is 10.6. The number of aromatic amines is 1. The van der Waals surface area contributed by atoms with Gasteiger partial charge in [-0.3, -0.25) is 14.7 Å². The number of ether oxygens (including phenoxy) is 1. The molecule has 1 atom stereocenters. The Morgan fingerprint density at radius 3 is 2.95 bits per heavy atom. The van der Waals surface area contributed by atoms with Gasteiger partial charge in [-0.2, -0.15) is 5.10 Å². The van der Waals surface area contributed by atoms with Crippen LogP contribution < -0.4 is 10.1 Å². The molecule has 0 saturated carbocycles. The monoisotopic (exact) mass is 299 g/mol. The van der Waals surface area contributed by atoms with Crippen molar-refractivity contribution in [1.82, 2.24) is 10.2 Å². The zero-order chi connectivity index (χ0) is 15.7. The van der Waals surface area contributed by atoms with E-state index in [4.69, 9.17) is 4.74 Å². The molecule has 6 nitrogen and oxygen atoms in total. The molecule has 0 bridgehead atoms. The molecule has 22 heavy (non-hydrogen) atoms. The summed E-state index contributed by atoms with van der Waals surface area (Å²) in [4.78, 5) is 24.8. The highest BCUT2D eigenvalue weighted by atomic mass is 16.5. The molecule has 6 heteroatoms. The number of hydrogen-bond acceptors (Lipinski definition) is 4. The molecule has 1 aromatic heterocycles. The number of amides is 1. The van der Waals surface area contributed by atoms with Gasteiger partial charge in [-0.15, -0.1) is 0 Å². The standard InChI is InChI=1S/C16H17N3O3/c1-3-22-12-7-5-4-6-10(12)15(21)11-8-13(20)17-16-14(11)9(2)18-19-16/h4-7,11H,3,8H2,1-2H3,(H2,17,18,19,20). The summed E-state index contributed by atoms with van der Waals surface area (Å²) in [6.45, 7) is 4.19. The molecular formula is C16H17N3O3. The molecule has 1 unspecified atom stereocenters. The van der Waals surface area contributed by atoms with Gasteiger partial charge >= 0.3 is 0 Å². The fraction of sp³-hybridized carbons (Fsp3) is 0.312. The van der Waals surface area contributed by atoms with Crippen molar-refractivity contribution in [3.05, 3.63) is 41.1 Å². The number of H-pyrrole nitrogens is 1. The van der Waals surface area contributed by atoms with E-state index in [1.54, 1.807) is 18.2 Å². The van der Waals surface area contributed by atoms with E-state index in [9.17, 15) is 9.59 Å². The molecule has 2 heterocycles. The molecule has 0 saturated heterocycles. The summed E-state index contributed by atoms with van der Waals surface area (Å²) in [5.41, 5.74) is 2.05. The van der Waals surface area contributed by atoms with Gasteiger partial charge in [0.2, 0.25) is 5.91 Å². The van der Waals surface area contributed by atoms with Gasteiger partial charge in [-0.1, -0.05) is 12.1 Å². The highest BCUT2D eigenvalue weighted by Gasteiger charge is 2.35. The van der Waals surface area contributed by atoms with E-state index < -0.39 is 5.92 Å². The molecule has 0 aliphatic carbocycles. The van der Waals surface area contributed by atoms with E-state index in [-0.39, 0.29) is 18.1 Å². The Balaban J connectivity index is 2.03. The predicted molar refractivity (Wildman–Crippen MR) is 81.3 cm³/mol. The lowest BCUT2D eigenvalue weighted by atomic mass is 9.85. The Hall–Kier alpha value is -2.63. The summed E-state index contributed by atoms with van der Waals surface area (Å²) in [5, 5.41) is 9.57. The molecule has 1 aliphatic rings.